The SMILES string of the molecule is CN1CCc2cc(C(O)C3(CN)CCOCC3)ccc21. The summed E-state index contributed by atoms with van der Waals surface area (Å²) in [4.78, 5) is 2.26. The summed E-state index contributed by atoms with van der Waals surface area (Å²) in [7, 11) is 2.11. The van der Waals surface area contributed by atoms with Crippen LogP contribution in [0.15, 0.2) is 18.2 Å². The molecule has 3 rings (SSSR count). The van der Waals surface area contributed by atoms with Crippen LogP contribution in [0.5, 0.6) is 0 Å². The smallest absolute Gasteiger partial charge is 0.0860 e. The lowest BCUT2D eigenvalue weighted by Gasteiger charge is -2.40. The minimum Gasteiger partial charge on any atom is -0.388 e. The highest BCUT2D eigenvalue weighted by Gasteiger charge is 2.39. The fourth-order valence-corrected chi connectivity index (χ4v) is 3.48. The van der Waals surface area contributed by atoms with Gasteiger partial charge in [0.25, 0.3) is 0 Å². The lowest BCUT2D eigenvalue weighted by Crippen LogP contribution is -2.41. The van der Waals surface area contributed by atoms with E-state index in [9.17, 15) is 5.11 Å². The van der Waals surface area contributed by atoms with Gasteiger partial charge in [-0.3, -0.25) is 0 Å². The first-order valence-corrected chi connectivity index (χ1v) is 7.46. The number of aliphatic hydroxyl groups excluding tert-OH is 1. The van der Waals surface area contributed by atoms with Crippen LogP contribution in [0.2, 0.25) is 0 Å². The van der Waals surface area contributed by atoms with Crippen molar-refractivity contribution in [3.05, 3.63) is 29.3 Å². The molecule has 20 heavy (non-hydrogen) atoms. The zero-order valence-electron chi connectivity index (χ0n) is 12.1. The van der Waals surface area contributed by atoms with E-state index in [0.717, 1.165) is 31.4 Å². The van der Waals surface area contributed by atoms with Crippen molar-refractivity contribution in [2.75, 3.05) is 38.3 Å². The third-order valence-electron chi connectivity index (χ3n) is 5.02. The molecule has 2 aliphatic heterocycles. The normalized spacial score (nSPS) is 22.6. The molecule has 110 valence electrons. The van der Waals surface area contributed by atoms with E-state index in [0.29, 0.717) is 19.8 Å². The first-order chi connectivity index (χ1) is 9.66. The number of rotatable bonds is 3. The van der Waals surface area contributed by atoms with Gasteiger partial charge in [0, 0.05) is 44.5 Å². The number of ether oxygens (including phenoxy) is 1. The van der Waals surface area contributed by atoms with Crippen molar-refractivity contribution in [3.63, 3.8) is 0 Å². The molecule has 2 aliphatic rings. The van der Waals surface area contributed by atoms with Crippen LogP contribution in [0.4, 0.5) is 5.69 Å². The minimum absolute atomic E-state index is 0.225. The zero-order chi connectivity index (χ0) is 14.2. The van der Waals surface area contributed by atoms with E-state index >= 15 is 0 Å². The van der Waals surface area contributed by atoms with Crippen molar-refractivity contribution in [2.45, 2.75) is 25.4 Å². The van der Waals surface area contributed by atoms with E-state index in [4.69, 9.17) is 10.5 Å². The van der Waals surface area contributed by atoms with Gasteiger partial charge in [-0.15, -0.1) is 0 Å². The monoisotopic (exact) mass is 276 g/mol. The van der Waals surface area contributed by atoms with Crippen LogP contribution in [0.25, 0.3) is 0 Å². The molecule has 1 aromatic rings. The standard InChI is InChI=1S/C16H24N2O2/c1-18-7-4-12-10-13(2-3-14(12)18)15(19)16(11-17)5-8-20-9-6-16/h2-3,10,15,19H,4-9,11,17H2,1H3. The maximum Gasteiger partial charge on any atom is 0.0860 e. The van der Waals surface area contributed by atoms with Crippen molar-refractivity contribution in [3.8, 4) is 0 Å². The predicted molar refractivity (Wildman–Crippen MR) is 79.9 cm³/mol. The van der Waals surface area contributed by atoms with E-state index in [1.807, 2.05) is 0 Å². The molecule has 0 spiro atoms. The van der Waals surface area contributed by atoms with Crippen LogP contribution in [0.1, 0.15) is 30.1 Å². The highest BCUT2D eigenvalue weighted by molar-refractivity contribution is 5.58. The van der Waals surface area contributed by atoms with Gasteiger partial charge in [0.1, 0.15) is 0 Å². The molecule has 4 nitrogen and oxygen atoms in total. The number of fused-ring (bicyclic) bond motifs is 1. The van der Waals surface area contributed by atoms with Crippen molar-refractivity contribution < 1.29 is 9.84 Å². The lowest BCUT2D eigenvalue weighted by molar-refractivity contribution is -0.0581. The van der Waals surface area contributed by atoms with Gasteiger partial charge in [0.05, 0.1) is 6.10 Å². The average molecular weight is 276 g/mol. The molecule has 1 aromatic carbocycles. The van der Waals surface area contributed by atoms with Crippen LogP contribution in [0, 0.1) is 5.41 Å². The Balaban J connectivity index is 1.88. The summed E-state index contributed by atoms with van der Waals surface area (Å²) in [5.74, 6) is 0. The van der Waals surface area contributed by atoms with Gasteiger partial charge in [-0.2, -0.15) is 0 Å². The summed E-state index contributed by atoms with van der Waals surface area (Å²) in [6, 6.07) is 6.35. The number of hydrogen-bond acceptors (Lipinski definition) is 4. The molecule has 0 radical (unpaired) electrons. The molecule has 1 saturated heterocycles. The van der Waals surface area contributed by atoms with Gasteiger partial charge in [-0.05, 0) is 36.5 Å². The Labute approximate surface area is 120 Å². The predicted octanol–water partition coefficient (Wildman–Crippen LogP) is 1.47. The van der Waals surface area contributed by atoms with Gasteiger partial charge >= 0.3 is 0 Å². The van der Waals surface area contributed by atoms with Crippen LogP contribution in [0.3, 0.4) is 0 Å². The Kier molecular flexibility index (Phi) is 3.71. The summed E-state index contributed by atoms with van der Waals surface area (Å²) in [6.45, 7) is 2.96. The van der Waals surface area contributed by atoms with Gasteiger partial charge in [-0.25, -0.2) is 0 Å². The second-order valence-corrected chi connectivity index (χ2v) is 6.14. The van der Waals surface area contributed by atoms with E-state index in [1.165, 1.54) is 11.3 Å². The van der Waals surface area contributed by atoms with E-state index < -0.39 is 6.10 Å². The molecule has 0 aromatic heterocycles. The van der Waals surface area contributed by atoms with E-state index in [-0.39, 0.29) is 5.41 Å². The summed E-state index contributed by atoms with van der Waals surface area (Å²) >= 11 is 0. The Morgan fingerprint density at radius 1 is 1.40 bits per heavy atom. The molecule has 0 amide bonds. The molecule has 1 unspecified atom stereocenters. The van der Waals surface area contributed by atoms with E-state index in [1.54, 1.807) is 0 Å². The largest absolute Gasteiger partial charge is 0.388 e. The van der Waals surface area contributed by atoms with Gasteiger partial charge in [-0.1, -0.05) is 12.1 Å². The summed E-state index contributed by atoms with van der Waals surface area (Å²) in [5.41, 5.74) is 9.39. The first kappa shape index (κ1) is 13.9. The third-order valence-corrected chi connectivity index (χ3v) is 5.02. The van der Waals surface area contributed by atoms with Gasteiger partial charge in [0.2, 0.25) is 0 Å². The molecule has 0 aliphatic carbocycles. The molecule has 4 heteroatoms. The average Bonchev–Trinajstić information content (AvgIpc) is 2.88. The fraction of sp³-hybridized carbons (Fsp3) is 0.625. The first-order valence-electron chi connectivity index (χ1n) is 7.46. The van der Waals surface area contributed by atoms with Crippen LogP contribution >= 0.6 is 0 Å². The van der Waals surface area contributed by atoms with Gasteiger partial charge in [0.15, 0.2) is 0 Å². The highest BCUT2D eigenvalue weighted by atomic mass is 16.5. The number of aliphatic hydroxyl groups is 1. The van der Waals surface area contributed by atoms with Crippen LogP contribution in [-0.2, 0) is 11.2 Å². The molecular weight excluding hydrogens is 252 g/mol. The molecular formula is C16H24N2O2. The topological polar surface area (TPSA) is 58.7 Å². The maximum absolute atomic E-state index is 10.8. The highest BCUT2D eigenvalue weighted by Crippen LogP contribution is 2.42. The third kappa shape index (κ3) is 2.22. The maximum atomic E-state index is 10.8. The second-order valence-electron chi connectivity index (χ2n) is 6.14. The Morgan fingerprint density at radius 3 is 2.85 bits per heavy atom. The van der Waals surface area contributed by atoms with Crippen molar-refractivity contribution in [2.24, 2.45) is 11.1 Å². The minimum atomic E-state index is -0.493. The van der Waals surface area contributed by atoms with Crippen molar-refractivity contribution >= 4 is 5.69 Å². The quantitative estimate of drug-likeness (QED) is 0.877. The van der Waals surface area contributed by atoms with Crippen molar-refractivity contribution in [1.29, 1.82) is 0 Å². The summed E-state index contributed by atoms with van der Waals surface area (Å²) in [5, 5.41) is 10.8. The summed E-state index contributed by atoms with van der Waals surface area (Å²) in [6.07, 6.45) is 2.24. The Bertz CT molecular complexity index is 483. The number of anilines is 1. The number of benzene rings is 1. The Hall–Kier alpha value is -1.10. The van der Waals surface area contributed by atoms with Crippen LogP contribution < -0.4 is 10.6 Å². The molecule has 0 saturated carbocycles. The molecule has 2 heterocycles. The van der Waals surface area contributed by atoms with Crippen LogP contribution in [-0.4, -0.2) is 38.5 Å². The van der Waals surface area contributed by atoms with E-state index in [2.05, 4.69) is 30.1 Å². The molecule has 1 fully saturated rings. The zero-order valence-corrected chi connectivity index (χ0v) is 12.1. The molecule has 0 bridgehead atoms. The summed E-state index contributed by atoms with van der Waals surface area (Å²) < 4.78 is 5.43. The van der Waals surface area contributed by atoms with Crippen molar-refractivity contribution in [1.82, 2.24) is 0 Å². The molecule has 1 atom stereocenters. The lowest BCUT2D eigenvalue weighted by atomic mass is 9.73. The molecule has 3 N–H and O–H groups in total. The number of nitrogens with zero attached hydrogens (tertiary/aromatic N) is 1. The number of likely N-dealkylation sites (N-methyl/N-ethyl adjacent to an activating group) is 1. The number of nitrogens with two attached hydrogens (primary N) is 1. The second kappa shape index (κ2) is 5.35. The fourth-order valence-electron chi connectivity index (χ4n) is 3.48. The van der Waals surface area contributed by atoms with Gasteiger partial charge < -0.3 is 20.5 Å². The Morgan fingerprint density at radius 2 is 2.15 bits per heavy atom. The number of hydrogen-bond donors (Lipinski definition) is 2.